The molecule has 1 saturated heterocycles. The van der Waals surface area contributed by atoms with Crippen molar-refractivity contribution in [3.05, 3.63) is 39.1 Å². The molecular formula is C16H20ClN3O2S. The summed E-state index contributed by atoms with van der Waals surface area (Å²) >= 11 is 7.76. The van der Waals surface area contributed by atoms with E-state index in [4.69, 9.17) is 16.3 Å². The number of aromatic nitrogens is 2. The average molecular weight is 354 g/mol. The lowest BCUT2D eigenvalue weighted by Gasteiger charge is -2.46. The Morgan fingerprint density at radius 3 is 3.09 bits per heavy atom. The van der Waals surface area contributed by atoms with Gasteiger partial charge >= 0.3 is 0 Å². The third-order valence-electron chi connectivity index (χ3n) is 4.76. The van der Waals surface area contributed by atoms with Gasteiger partial charge in [0.2, 0.25) is 0 Å². The van der Waals surface area contributed by atoms with Crippen LogP contribution in [0.3, 0.4) is 0 Å². The predicted octanol–water partition coefficient (Wildman–Crippen LogP) is 2.91. The van der Waals surface area contributed by atoms with E-state index in [0.717, 1.165) is 29.0 Å². The molecular weight excluding hydrogens is 334 g/mol. The largest absolute Gasteiger partial charge is 0.386 e. The minimum absolute atomic E-state index is 0.129. The lowest BCUT2D eigenvalue weighted by molar-refractivity contribution is -0.129. The summed E-state index contributed by atoms with van der Waals surface area (Å²) in [5.41, 5.74) is 1.57. The molecule has 4 atom stereocenters. The normalized spacial score (nSPS) is 33.8. The molecule has 2 aliphatic rings. The molecule has 2 aromatic heterocycles. The van der Waals surface area contributed by atoms with Gasteiger partial charge in [-0.15, -0.1) is 11.3 Å². The Kier molecular flexibility index (Phi) is 3.77. The highest BCUT2D eigenvalue weighted by Gasteiger charge is 2.48. The summed E-state index contributed by atoms with van der Waals surface area (Å²) in [4.78, 5) is 5.58. The van der Waals surface area contributed by atoms with E-state index >= 15 is 0 Å². The van der Waals surface area contributed by atoms with Crippen LogP contribution < -0.4 is 5.32 Å². The van der Waals surface area contributed by atoms with E-state index in [2.05, 4.69) is 17.2 Å². The van der Waals surface area contributed by atoms with Crippen LogP contribution in [0.5, 0.6) is 0 Å². The Hall–Kier alpha value is -0.920. The zero-order valence-corrected chi connectivity index (χ0v) is 14.7. The van der Waals surface area contributed by atoms with E-state index in [1.165, 1.54) is 11.3 Å². The number of aliphatic hydroxyl groups excluding tert-OH is 1. The number of thiophene rings is 1. The van der Waals surface area contributed by atoms with Crippen LogP contribution in [-0.4, -0.2) is 27.3 Å². The molecule has 124 valence electrons. The molecule has 5 nitrogen and oxygen atoms in total. The Labute approximate surface area is 144 Å². The van der Waals surface area contributed by atoms with Crippen LogP contribution in [0.15, 0.2) is 18.6 Å². The molecule has 23 heavy (non-hydrogen) atoms. The van der Waals surface area contributed by atoms with Crippen LogP contribution in [0.25, 0.3) is 0 Å². The molecule has 0 radical (unpaired) electrons. The van der Waals surface area contributed by atoms with Gasteiger partial charge in [-0.25, -0.2) is 4.98 Å². The number of halogens is 1. The van der Waals surface area contributed by atoms with E-state index in [9.17, 15) is 5.11 Å². The first-order chi connectivity index (χ1) is 11.0. The van der Waals surface area contributed by atoms with Crippen LogP contribution in [0.2, 0.25) is 4.34 Å². The Balaban J connectivity index is 1.74. The summed E-state index contributed by atoms with van der Waals surface area (Å²) in [6.07, 6.45) is 4.95. The van der Waals surface area contributed by atoms with E-state index in [1.54, 1.807) is 0 Å². The van der Waals surface area contributed by atoms with E-state index in [-0.39, 0.29) is 11.6 Å². The molecule has 2 aliphatic heterocycles. The van der Waals surface area contributed by atoms with E-state index in [1.807, 2.05) is 30.2 Å². The summed E-state index contributed by atoms with van der Waals surface area (Å²) < 4.78 is 8.88. The maximum atomic E-state index is 10.2. The molecule has 4 heterocycles. The summed E-state index contributed by atoms with van der Waals surface area (Å²) in [5, 5.41) is 13.9. The highest BCUT2D eigenvalue weighted by molar-refractivity contribution is 7.16. The Morgan fingerprint density at radius 2 is 2.35 bits per heavy atom. The van der Waals surface area contributed by atoms with Gasteiger partial charge in [0, 0.05) is 36.1 Å². The molecule has 2 aromatic rings. The quantitative estimate of drug-likeness (QED) is 0.827. The number of aliphatic hydroxyl groups is 1. The van der Waals surface area contributed by atoms with E-state index < -0.39 is 6.10 Å². The molecule has 0 bridgehead atoms. The SMILES string of the molecule is C[C@H]1CC2(CC(c3cn(C)cn3)N1)OCC(O)c1cc(Cl)sc12. The molecule has 2 N–H and O–H groups in total. The van der Waals surface area contributed by atoms with Crippen molar-refractivity contribution in [2.75, 3.05) is 6.61 Å². The van der Waals surface area contributed by atoms with Crippen molar-refractivity contribution in [1.29, 1.82) is 0 Å². The van der Waals surface area contributed by atoms with Crippen LogP contribution >= 0.6 is 22.9 Å². The standard InChI is InChI=1S/C16H20ClN3O2S/c1-9-4-16(5-11(19-9)12-6-20(2)8-18-12)15-10(3-14(17)23-15)13(21)7-22-16/h3,6,8-9,11,13,19,21H,4-5,7H2,1-2H3/t9-,11?,13?,16?/m0/s1. The maximum absolute atomic E-state index is 10.2. The van der Waals surface area contributed by atoms with Gasteiger partial charge in [-0.1, -0.05) is 11.6 Å². The molecule has 0 saturated carbocycles. The number of rotatable bonds is 1. The predicted molar refractivity (Wildman–Crippen MR) is 89.7 cm³/mol. The number of ether oxygens (including phenoxy) is 1. The summed E-state index contributed by atoms with van der Waals surface area (Å²) in [5.74, 6) is 0. The molecule has 1 spiro atoms. The number of nitrogens with zero attached hydrogens (tertiary/aromatic N) is 2. The Morgan fingerprint density at radius 1 is 1.52 bits per heavy atom. The first-order valence-electron chi connectivity index (χ1n) is 7.82. The second-order valence-corrected chi connectivity index (χ2v) is 8.33. The van der Waals surface area contributed by atoms with Gasteiger partial charge in [-0.3, -0.25) is 0 Å². The van der Waals surface area contributed by atoms with Crippen molar-refractivity contribution in [3.8, 4) is 0 Å². The topological polar surface area (TPSA) is 59.3 Å². The van der Waals surface area contributed by atoms with E-state index in [0.29, 0.717) is 17.0 Å². The molecule has 3 unspecified atom stereocenters. The number of fused-ring (bicyclic) bond motifs is 2. The van der Waals surface area contributed by atoms with Crippen molar-refractivity contribution >= 4 is 22.9 Å². The smallest absolute Gasteiger partial charge is 0.106 e. The average Bonchev–Trinajstić information content (AvgIpc) is 3.10. The van der Waals surface area contributed by atoms with Crippen molar-refractivity contribution in [3.63, 3.8) is 0 Å². The molecule has 4 rings (SSSR count). The molecule has 1 fully saturated rings. The van der Waals surface area contributed by atoms with Gasteiger partial charge in [-0.2, -0.15) is 0 Å². The van der Waals surface area contributed by atoms with Crippen LogP contribution in [-0.2, 0) is 17.4 Å². The third kappa shape index (κ3) is 2.62. The number of aryl methyl sites for hydroxylation is 1. The monoisotopic (exact) mass is 353 g/mol. The fourth-order valence-corrected chi connectivity index (χ4v) is 5.30. The van der Waals surface area contributed by atoms with Gasteiger partial charge in [0.05, 0.1) is 29.0 Å². The van der Waals surface area contributed by atoms with Gasteiger partial charge < -0.3 is 19.7 Å². The second-order valence-electron chi connectivity index (χ2n) is 6.65. The minimum Gasteiger partial charge on any atom is -0.386 e. The van der Waals surface area contributed by atoms with Gasteiger partial charge in [0.1, 0.15) is 11.7 Å². The van der Waals surface area contributed by atoms with Gasteiger partial charge in [0.25, 0.3) is 0 Å². The summed E-state index contributed by atoms with van der Waals surface area (Å²) in [7, 11) is 1.98. The fraction of sp³-hybridized carbons (Fsp3) is 0.562. The highest BCUT2D eigenvalue weighted by atomic mass is 35.5. The second kappa shape index (κ2) is 5.57. The zero-order chi connectivity index (χ0) is 16.2. The zero-order valence-electron chi connectivity index (χ0n) is 13.1. The molecule has 0 amide bonds. The lowest BCUT2D eigenvalue weighted by atomic mass is 9.79. The summed E-state index contributed by atoms with van der Waals surface area (Å²) in [6, 6.07) is 2.31. The fourth-order valence-electron chi connectivity index (χ4n) is 3.85. The molecule has 0 aliphatic carbocycles. The maximum Gasteiger partial charge on any atom is 0.106 e. The number of imidazole rings is 1. The van der Waals surface area contributed by atoms with Crippen LogP contribution in [0.4, 0.5) is 0 Å². The van der Waals surface area contributed by atoms with Crippen molar-refractivity contribution in [2.45, 2.75) is 43.6 Å². The van der Waals surface area contributed by atoms with Crippen LogP contribution in [0.1, 0.15) is 48.0 Å². The number of hydrogen-bond donors (Lipinski definition) is 2. The number of nitrogens with one attached hydrogen (secondary N) is 1. The lowest BCUT2D eigenvalue weighted by Crippen LogP contribution is -2.50. The van der Waals surface area contributed by atoms with Crippen molar-refractivity contribution < 1.29 is 9.84 Å². The molecule has 7 heteroatoms. The van der Waals surface area contributed by atoms with Crippen molar-refractivity contribution in [2.24, 2.45) is 7.05 Å². The van der Waals surface area contributed by atoms with Crippen molar-refractivity contribution in [1.82, 2.24) is 14.9 Å². The highest BCUT2D eigenvalue weighted by Crippen LogP contribution is 2.51. The first-order valence-corrected chi connectivity index (χ1v) is 9.02. The Bertz CT molecular complexity index is 731. The third-order valence-corrected chi connectivity index (χ3v) is 6.22. The van der Waals surface area contributed by atoms with Gasteiger partial charge in [-0.05, 0) is 19.4 Å². The first kappa shape index (κ1) is 15.6. The minimum atomic E-state index is -0.585. The van der Waals surface area contributed by atoms with Gasteiger partial charge in [0.15, 0.2) is 0 Å². The molecule has 0 aromatic carbocycles. The number of piperidine rings is 1. The summed E-state index contributed by atoms with van der Waals surface area (Å²) in [6.45, 7) is 2.49. The van der Waals surface area contributed by atoms with Crippen LogP contribution in [0, 0.1) is 0 Å². The number of hydrogen-bond acceptors (Lipinski definition) is 5.